The number of hydrogen-bond acceptors (Lipinski definition) is 6. The Kier molecular flexibility index (Phi) is 5.68. The first kappa shape index (κ1) is 21.0. The second kappa shape index (κ2) is 8.12. The number of piperazine rings is 1. The van der Waals surface area contributed by atoms with Gasteiger partial charge in [-0.05, 0) is 42.9 Å². The van der Waals surface area contributed by atoms with Crippen molar-refractivity contribution in [1.29, 1.82) is 0 Å². The van der Waals surface area contributed by atoms with Crippen LogP contribution in [0, 0.1) is 19.3 Å². The number of nitrogens with one attached hydrogen (secondary N) is 1. The van der Waals surface area contributed by atoms with E-state index in [1.54, 1.807) is 0 Å². The minimum Gasteiger partial charge on any atom is -0.369 e. The van der Waals surface area contributed by atoms with E-state index in [-0.39, 0.29) is 17.1 Å². The molecule has 1 saturated heterocycles. The van der Waals surface area contributed by atoms with Gasteiger partial charge < -0.3 is 10.2 Å². The topological polar surface area (TPSA) is 65.5 Å². The van der Waals surface area contributed by atoms with Gasteiger partial charge in [0.2, 0.25) is 5.91 Å². The highest BCUT2D eigenvalue weighted by molar-refractivity contribution is 7.17. The number of ketones is 1. The number of fused-ring (bicyclic) bond motifs is 1. The molecule has 0 saturated carbocycles. The number of carbonyl (C=O) groups is 2. The monoisotopic (exact) mass is 426 g/mol. The second-order valence-electron chi connectivity index (χ2n) is 9.27. The molecule has 160 valence electrons. The van der Waals surface area contributed by atoms with Gasteiger partial charge in [-0.25, -0.2) is 4.98 Å². The van der Waals surface area contributed by atoms with Crippen molar-refractivity contribution < 1.29 is 9.59 Å². The molecule has 1 N–H and O–H groups in total. The zero-order chi connectivity index (χ0) is 21.5. The van der Waals surface area contributed by atoms with Crippen LogP contribution in [0.25, 0.3) is 0 Å². The van der Waals surface area contributed by atoms with Crippen molar-refractivity contribution in [3.63, 3.8) is 0 Å². The lowest BCUT2D eigenvalue weighted by molar-refractivity contribution is -0.117. The molecule has 2 heterocycles. The summed E-state index contributed by atoms with van der Waals surface area (Å²) in [5, 5.41) is 3.46. The summed E-state index contributed by atoms with van der Waals surface area (Å²) >= 11 is 1.32. The molecule has 1 aromatic heterocycles. The Bertz CT molecular complexity index is 974. The average molecular weight is 427 g/mol. The first-order valence-electron chi connectivity index (χ1n) is 10.6. The van der Waals surface area contributed by atoms with Gasteiger partial charge in [0.15, 0.2) is 10.9 Å². The predicted octanol–water partition coefficient (Wildman–Crippen LogP) is 3.68. The van der Waals surface area contributed by atoms with Crippen LogP contribution in [0.2, 0.25) is 0 Å². The standard InChI is InChI=1S/C23H30N4O2S/c1-15-6-5-7-18(16(15)2)27-10-8-26(9-11-27)14-20(29)25-22-24-17-12-23(3,4)13-19(28)21(17)30-22/h5-7H,8-14H2,1-4H3,(H,24,25,29). The Morgan fingerprint density at radius 2 is 1.90 bits per heavy atom. The number of aryl methyl sites for hydroxylation is 1. The van der Waals surface area contributed by atoms with E-state index in [9.17, 15) is 9.59 Å². The van der Waals surface area contributed by atoms with Crippen LogP contribution in [0.3, 0.4) is 0 Å². The van der Waals surface area contributed by atoms with Crippen LogP contribution in [0.4, 0.5) is 10.8 Å². The van der Waals surface area contributed by atoms with Crippen molar-refractivity contribution in [2.75, 3.05) is 42.9 Å². The van der Waals surface area contributed by atoms with E-state index < -0.39 is 0 Å². The number of carbonyl (C=O) groups excluding carboxylic acids is 2. The summed E-state index contributed by atoms with van der Waals surface area (Å²) in [5.74, 6) is 0.0785. The molecule has 1 aliphatic carbocycles. The predicted molar refractivity (Wildman–Crippen MR) is 122 cm³/mol. The highest BCUT2D eigenvalue weighted by Crippen LogP contribution is 2.38. The Hall–Kier alpha value is -2.25. The van der Waals surface area contributed by atoms with Gasteiger partial charge in [-0.3, -0.25) is 14.5 Å². The number of hydrogen-bond donors (Lipinski definition) is 1. The van der Waals surface area contributed by atoms with Crippen LogP contribution < -0.4 is 10.2 Å². The maximum Gasteiger partial charge on any atom is 0.240 e. The van der Waals surface area contributed by atoms with E-state index >= 15 is 0 Å². The minimum absolute atomic E-state index is 0.0608. The highest BCUT2D eigenvalue weighted by Gasteiger charge is 2.34. The fourth-order valence-electron chi connectivity index (χ4n) is 4.36. The van der Waals surface area contributed by atoms with Crippen molar-refractivity contribution in [3.05, 3.63) is 39.9 Å². The molecule has 0 unspecified atom stereocenters. The van der Waals surface area contributed by atoms with E-state index in [4.69, 9.17) is 0 Å². The van der Waals surface area contributed by atoms with E-state index in [1.807, 2.05) is 0 Å². The second-order valence-corrected chi connectivity index (χ2v) is 10.3. The summed E-state index contributed by atoms with van der Waals surface area (Å²) in [6, 6.07) is 6.43. The minimum atomic E-state index is -0.0620. The van der Waals surface area contributed by atoms with Crippen LogP contribution >= 0.6 is 11.3 Å². The van der Waals surface area contributed by atoms with E-state index in [1.165, 1.54) is 28.2 Å². The molecule has 0 spiro atoms. The quantitative estimate of drug-likeness (QED) is 0.808. The van der Waals surface area contributed by atoms with Crippen molar-refractivity contribution in [1.82, 2.24) is 9.88 Å². The number of Topliss-reactive ketones (excluding diaryl/α,β-unsaturated/α-hetero) is 1. The molecule has 1 aliphatic heterocycles. The zero-order valence-electron chi connectivity index (χ0n) is 18.2. The smallest absolute Gasteiger partial charge is 0.240 e. The Balaban J connectivity index is 1.32. The van der Waals surface area contributed by atoms with Crippen molar-refractivity contribution in [2.45, 2.75) is 40.5 Å². The number of thiazole rings is 1. The summed E-state index contributed by atoms with van der Waals surface area (Å²) < 4.78 is 0. The molecule has 1 aromatic carbocycles. The lowest BCUT2D eigenvalue weighted by Crippen LogP contribution is -2.48. The highest BCUT2D eigenvalue weighted by atomic mass is 32.1. The third-order valence-electron chi connectivity index (χ3n) is 6.14. The summed E-state index contributed by atoms with van der Waals surface area (Å²) in [4.78, 5) is 34.8. The molecule has 0 radical (unpaired) electrons. The Morgan fingerprint density at radius 1 is 1.17 bits per heavy atom. The largest absolute Gasteiger partial charge is 0.369 e. The normalized spacial score (nSPS) is 18.9. The van der Waals surface area contributed by atoms with Crippen molar-refractivity contribution in [3.8, 4) is 0 Å². The average Bonchev–Trinajstić information content (AvgIpc) is 3.06. The van der Waals surface area contributed by atoms with Gasteiger partial charge in [0.1, 0.15) is 0 Å². The molecule has 1 amide bonds. The molecule has 7 heteroatoms. The summed E-state index contributed by atoms with van der Waals surface area (Å²) in [5.41, 5.74) is 4.70. The third-order valence-corrected chi connectivity index (χ3v) is 7.19. The number of benzene rings is 1. The molecular weight excluding hydrogens is 396 g/mol. The molecule has 0 bridgehead atoms. The van der Waals surface area contributed by atoms with Crippen LogP contribution in [0.15, 0.2) is 18.2 Å². The van der Waals surface area contributed by atoms with Crippen molar-refractivity contribution >= 4 is 33.8 Å². The lowest BCUT2D eigenvalue weighted by Gasteiger charge is -2.36. The molecule has 30 heavy (non-hydrogen) atoms. The number of rotatable bonds is 4. The molecule has 0 atom stereocenters. The third kappa shape index (κ3) is 4.42. The lowest BCUT2D eigenvalue weighted by atomic mass is 9.78. The van der Waals surface area contributed by atoms with Crippen molar-refractivity contribution in [2.24, 2.45) is 5.41 Å². The van der Waals surface area contributed by atoms with Crippen LogP contribution in [0.1, 0.15) is 46.8 Å². The van der Waals surface area contributed by atoms with Crippen LogP contribution in [-0.4, -0.2) is 54.3 Å². The number of nitrogens with zero attached hydrogens (tertiary/aromatic N) is 3. The van der Waals surface area contributed by atoms with Gasteiger partial charge in [-0.2, -0.15) is 0 Å². The number of amides is 1. The maximum absolute atomic E-state index is 12.6. The number of anilines is 2. The molecule has 2 aromatic rings. The summed E-state index contributed by atoms with van der Waals surface area (Å²) in [6.07, 6.45) is 1.32. The van der Waals surface area contributed by atoms with Crippen LogP contribution in [-0.2, 0) is 11.2 Å². The molecule has 2 aliphatic rings. The molecule has 6 nitrogen and oxygen atoms in total. The summed E-state index contributed by atoms with van der Waals surface area (Å²) in [7, 11) is 0. The fraction of sp³-hybridized carbons (Fsp3) is 0.522. The van der Waals surface area contributed by atoms with Gasteiger partial charge in [-0.1, -0.05) is 37.3 Å². The van der Waals surface area contributed by atoms with Gasteiger partial charge in [0.05, 0.1) is 17.1 Å². The molecule has 4 rings (SSSR count). The van der Waals surface area contributed by atoms with Gasteiger partial charge in [0, 0.05) is 38.3 Å². The number of aromatic nitrogens is 1. The van der Waals surface area contributed by atoms with Gasteiger partial charge >= 0.3 is 0 Å². The van der Waals surface area contributed by atoms with Gasteiger partial charge in [-0.15, -0.1) is 0 Å². The Labute approximate surface area is 182 Å². The Morgan fingerprint density at radius 3 is 2.63 bits per heavy atom. The molecule has 1 fully saturated rings. The SMILES string of the molecule is Cc1cccc(N2CCN(CC(=O)Nc3nc4c(s3)C(=O)CC(C)(C)C4)CC2)c1C. The summed E-state index contributed by atoms with van der Waals surface area (Å²) in [6.45, 7) is 12.4. The van der Waals surface area contributed by atoms with Crippen LogP contribution in [0.5, 0.6) is 0 Å². The first-order valence-corrected chi connectivity index (χ1v) is 11.4. The maximum atomic E-state index is 12.6. The fourth-order valence-corrected chi connectivity index (χ4v) is 5.30. The van der Waals surface area contributed by atoms with Gasteiger partial charge in [0.25, 0.3) is 0 Å². The van der Waals surface area contributed by atoms with E-state index in [2.05, 4.69) is 66.0 Å². The first-order chi connectivity index (χ1) is 14.2. The zero-order valence-corrected chi connectivity index (χ0v) is 19.1. The van der Waals surface area contributed by atoms with E-state index in [0.29, 0.717) is 23.0 Å². The molecular formula is C23H30N4O2S. The van der Waals surface area contributed by atoms with E-state index in [0.717, 1.165) is 38.3 Å².